The summed E-state index contributed by atoms with van der Waals surface area (Å²) in [6.45, 7) is 4.85. The van der Waals surface area contributed by atoms with E-state index in [0.717, 1.165) is 6.54 Å². The minimum atomic E-state index is -0.159. The van der Waals surface area contributed by atoms with Crippen LogP contribution in [0.5, 0.6) is 0 Å². The van der Waals surface area contributed by atoms with Crippen molar-refractivity contribution in [2.24, 2.45) is 0 Å². The molecule has 0 radical (unpaired) electrons. The first-order valence-corrected chi connectivity index (χ1v) is 3.50. The van der Waals surface area contributed by atoms with Gasteiger partial charge in [0, 0.05) is 6.04 Å². The Hall–Kier alpha value is -0.570. The molecule has 10 heavy (non-hydrogen) atoms. The molecule has 0 fully saturated rings. The van der Waals surface area contributed by atoms with Gasteiger partial charge in [0.2, 0.25) is 0 Å². The summed E-state index contributed by atoms with van der Waals surface area (Å²) in [6.07, 6.45) is 0.449. The molecule has 1 atom stereocenters. The van der Waals surface area contributed by atoms with Crippen molar-refractivity contribution >= 4 is 5.97 Å². The summed E-state index contributed by atoms with van der Waals surface area (Å²) < 4.78 is 4.49. The van der Waals surface area contributed by atoms with Crippen molar-refractivity contribution < 1.29 is 9.53 Å². The Balaban J connectivity index is 3.37. The summed E-state index contributed by atoms with van der Waals surface area (Å²) in [5.41, 5.74) is 0. The second kappa shape index (κ2) is 5.23. The Morgan fingerprint density at radius 3 is 2.70 bits per heavy atom. The van der Waals surface area contributed by atoms with Crippen LogP contribution >= 0.6 is 0 Å². The molecule has 0 saturated carbocycles. The number of hydrogen-bond donors (Lipinski definition) is 1. The highest BCUT2D eigenvalue weighted by molar-refractivity contribution is 5.69. The molecule has 0 saturated heterocycles. The Labute approximate surface area is 61.8 Å². The minimum Gasteiger partial charge on any atom is -0.469 e. The third-order valence-corrected chi connectivity index (χ3v) is 1.25. The number of carbonyl (C=O) groups excluding carboxylic acids is 1. The molecule has 0 aliphatic carbocycles. The Morgan fingerprint density at radius 1 is 1.70 bits per heavy atom. The fourth-order valence-electron chi connectivity index (χ4n) is 0.754. The summed E-state index contributed by atoms with van der Waals surface area (Å²) in [4.78, 5) is 10.6. The average molecular weight is 145 g/mol. The zero-order valence-corrected chi connectivity index (χ0v) is 6.81. The summed E-state index contributed by atoms with van der Waals surface area (Å²) >= 11 is 0. The van der Waals surface area contributed by atoms with Crippen molar-refractivity contribution in [3.8, 4) is 0 Å². The van der Waals surface area contributed by atoms with E-state index in [1.165, 1.54) is 7.11 Å². The number of esters is 1. The lowest BCUT2D eigenvalue weighted by molar-refractivity contribution is -0.141. The molecule has 0 amide bonds. The highest BCUT2D eigenvalue weighted by Crippen LogP contribution is 1.91. The predicted octanol–water partition coefficient (Wildman–Crippen LogP) is 0.547. The first-order chi connectivity index (χ1) is 4.70. The first kappa shape index (κ1) is 9.43. The van der Waals surface area contributed by atoms with Gasteiger partial charge in [-0.2, -0.15) is 0 Å². The SMILES string of the molecule is CCNC(C)CC(=O)OC. The van der Waals surface area contributed by atoms with Crippen LogP contribution < -0.4 is 5.32 Å². The topological polar surface area (TPSA) is 38.3 Å². The maximum atomic E-state index is 10.6. The van der Waals surface area contributed by atoms with Crippen molar-refractivity contribution in [1.29, 1.82) is 0 Å². The maximum Gasteiger partial charge on any atom is 0.307 e. The maximum absolute atomic E-state index is 10.6. The predicted molar refractivity (Wildman–Crippen MR) is 39.8 cm³/mol. The van der Waals surface area contributed by atoms with E-state index in [-0.39, 0.29) is 12.0 Å². The van der Waals surface area contributed by atoms with Crippen molar-refractivity contribution in [2.75, 3.05) is 13.7 Å². The zero-order valence-electron chi connectivity index (χ0n) is 6.81. The average Bonchev–Trinajstić information content (AvgIpc) is 1.88. The van der Waals surface area contributed by atoms with Crippen molar-refractivity contribution in [1.82, 2.24) is 5.32 Å². The van der Waals surface area contributed by atoms with Gasteiger partial charge in [-0.15, -0.1) is 0 Å². The fraction of sp³-hybridized carbons (Fsp3) is 0.857. The fourth-order valence-corrected chi connectivity index (χ4v) is 0.754. The van der Waals surface area contributed by atoms with E-state index in [1.807, 2.05) is 13.8 Å². The second-order valence-electron chi connectivity index (χ2n) is 2.24. The standard InChI is InChI=1S/C7H15NO2/c1-4-8-6(2)5-7(9)10-3/h6,8H,4-5H2,1-3H3. The number of methoxy groups -OCH3 is 1. The van der Waals surface area contributed by atoms with Crippen LogP contribution in [0.1, 0.15) is 20.3 Å². The van der Waals surface area contributed by atoms with Crippen molar-refractivity contribution in [2.45, 2.75) is 26.3 Å². The summed E-state index contributed by atoms with van der Waals surface area (Å²) in [6, 6.07) is 0.220. The molecule has 0 aliphatic rings. The molecule has 0 aromatic carbocycles. The van der Waals surface area contributed by atoms with Crippen LogP contribution in [0.15, 0.2) is 0 Å². The molecule has 0 heterocycles. The van der Waals surface area contributed by atoms with Gasteiger partial charge in [0.15, 0.2) is 0 Å². The summed E-state index contributed by atoms with van der Waals surface area (Å²) in [5.74, 6) is -0.159. The van der Waals surface area contributed by atoms with Gasteiger partial charge in [-0.3, -0.25) is 4.79 Å². The van der Waals surface area contributed by atoms with E-state index in [1.54, 1.807) is 0 Å². The van der Waals surface area contributed by atoms with Crippen LogP contribution in [-0.2, 0) is 9.53 Å². The van der Waals surface area contributed by atoms with Gasteiger partial charge in [0.1, 0.15) is 0 Å². The molecule has 3 heteroatoms. The Morgan fingerprint density at radius 2 is 2.30 bits per heavy atom. The van der Waals surface area contributed by atoms with Gasteiger partial charge in [-0.05, 0) is 13.5 Å². The summed E-state index contributed by atoms with van der Waals surface area (Å²) in [5, 5.41) is 3.11. The van der Waals surface area contributed by atoms with E-state index >= 15 is 0 Å². The van der Waals surface area contributed by atoms with Crippen LogP contribution in [-0.4, -0.2) is 25.7 Å². The molecular formula is C7H15NO2. The molecular weight excluding hydrogens is 130 g/mol. The van der Waals surface area contributed by atoms with Crippen LogP contribution in [0.3, 0.4) is 0 Å². The van der Waals surface area contributed by atoms with E-state index in [9.17, 15) is 4.79 Å². The van der Waals surface area contributed by atoms with Crippen LogP contribution in [0, 0.1) is 0 Å². The Bertz CT molecular complexity index is 104. The molecule has 1 unspecified atom stereocenters. The van der Waals surface area contributed by atoms with Gasteiger partial charge in [-0.1, -0.05) is 6.92 Å². The van der Waals surface area contributed by atoms with Crippen LogP contribution in [0.4, 0.5) is 0 Å². The quantitative estimate of drug-likeness (QED) is 0.587. The number of carbonyl (C=O) groups is 1. The molecule has 60 valence electrons. The van der Waals surface area contributed by atoms with E-state index in [2.05, 4.69) is 10.1 Å². The molecule has 0 bridgehead atoms. The van der Waals surface area contributed by atoms with Gasteiger partial charge in [0.05, 0.1) is 13.5 Å². The first-order valence-electron chi connectivity index (χ1n) is 3.50. The van der Waals surface area contributed by atoms with Gasteiger partial charge in [-0.25, -0.2) is 0 Å². The molecule has 0 aliphatic heterocycles. The molecule has 1 N–H and O–H groups in total. The van der Waals surface area contributed by atoms with Gasteiger partial charge >= 0.3 is 5.97 Å². The normalized spacial score (nSPS) is 12.7. The lowest BCUT2D eigenvalue weighted by Crippen LogP contribution is -2.28. The lowest BCUT2D eigenvalue weighted by atomic mass is 10.2. The molecule has 3 nitrogen and oxygen atoms in total. The second-order valence-corrected chi connectivity index (χ2v) is 2.24. The van der Waals surface area contributed by atoms with Crippen molar-refractivity contribution in [3.63, 3.8) is 0 Å². The Kier molecular flexibility index (Phi) is 4.94. The van der Waals surface area contributed by atoms with E-state index < -0.39 is 0 Å². The van der Waals surface area contributed by atoms with Crippen molar-refractivity contribution in [3.05, 3.63) is 0 Å². The number of rotatable bonds is 4. The third kappa shape index (κ3) is 4.32. The molecule has 0 spiro atoms. The minimum absolute atomic E-state index is 0.159. The number of nitrogens with one attached hydrogen (secondary N) is 1. The third-order valence-electron chi connectivity index (χ3n) is 1.25. The molecule has 0 aromatic rings. The van der Waals surface area contributed by atoms with E-state index in [0.29, 0.717) is 6.42 Å². The van der Waals surface area contributed by atoms with Crippen LogP contribution in [0.25, 0.3) is 0 Å². The van der Waals surface area contributed by atoms with Gasteiger partial charge in [0.25, 0.3) is 0 Å². The number of ether oxygens (including phenoxy) is 1. The lowest BCUT2D eigenvalue weighted by Gasteiger charge is -2.09. The number of hydrogen-bond acceptors (Lipinski definition) is 3. The molecule has 0 aromatic heterocycles. The molecule has 0 rings (SSSR count). The summed E-state index contributed by atoms with van der Waals surface area (Å²) in [7, 11) is 1.40. The highest BCUT2D eigenvalue weighted by atomic mass is 16.5. The van der Waals surface area contributed by atoms with E-state index in [4.69, 9.17) is 0 Å². The smallest absolute Gasteiger partial charge is 0.307 e. The van der Waals surface area contributed by atoms with Crippen LogP contribution in [0.2, 0.25) is 0 Å². The highest BCUT2D eigenvalue weighted by Gasteiger charge is 2.05. The monoisotopic (exact) mass is 145 g/mol. The van der Waals surface area contributed by atoms with Gasteiger partial charge < -0.3 is 10.1 Å². The zero-order chi connectivity index (χ0) is 7.98. The largest absolute Gasteiger partial charge is 0.469 e.